The molecule has 0 aliphatic carbocycles. The van der Waals surface area contributed by atoms with E-state index in [-0.39, 0.29) is 6.29 Å². The highest BCUT2D eigenvalue weighted by Gasteiger charge is 2.10. The third kappa shape index (κ3) is 5.67. The molecule has 0 aliphatic heterocycles. The van der Waals surface area contributed by atoms with Gasteiger partial charge in [0.2, 0.25) is 0 Å². The highest BCUT2D eigenvalue weighted by molar-refractivity contribution is 8.13. The Kier molecular flexibility index (Phi) is 8.19. The van der Waals surface area contributed by atoms with Crippen LogP contribution in [-0.4, -0.2) is 30.7 Å². The molecule has 0 aromatic rings. The lowest BCUT2D eigenvalue weighted by molar-refractivity contribution is -0.0932. The van der Waals surface area contributed by atoms with Gasteiger partial charge in [-0.2, -0.15) is 0 Å². The monoisotopic (exact) mass is 229 g/mol. The summed E-state index contributed by atoms with van der Waals surface area (Å²) in [7, 11) is 0. The van der Waals surface area contributed by atoms with Crippen molar-refractivity contribution in [2.75, 3.05) is 19.4 Å². The lowest BCUT2D eigenvalue weighted by Crippen LogP contribution is -2.15. The highest BCUT2D eigenvalue weighted by atomic mass is 32.2. The van der Waals surface area contributed by atoms with E-state index in [4.69, 9.17) is 9.47 Å². The molecule has 0 N–H and O–H groups in total. The summed E-state index contributed by atoms with van der Waals surface area (Å²) in [5.41, 5.74) is 2.74. The van der Waals surface area contributed by atoms with Crippen molar-refractivity contribution in [1.29, 1.82) is 0 Å². The molecular weight excluding hydrogens is 210 g/mol. The maximum Gasteiger partial charge on any atom is 0.197 e. The van der Waals surface area contributed by atoms with Crippen LogP contribution in [0.25, 0.3) is 0 Å². The molecule has 0 radical (unpaired) electrons. The van der Waals surface area contributed by atoms with Crippen molar-refractivity contribution in [2.45, 2.75) is 27.1 Å². The second kappa shape index (κ2) is 8.60. The zero-order valence-corrected chi connectivity index (χ0v) is 10.7. The minimum absolute atomic E-state index is 0.298. The number of hydrogen-bond donors (Lipinski definition) is 0. The third-order valence-corrected chi connectivity index (χ3v) is 2.24. The topological polar surface area (TPSA) is 30.8 Å². The molecule has 0 amide bonds. The predicted molar refractivity (Wildman–Crippen MR) is 66.3 cm³/mol. The van der Waals surface area contributed by atoms with Crippen LogP contribution in [0.5, 0.6) is 0 Å². The van der Waals surface area contributed by atoms with Gasteiger partial charge in [0, 0.05) is 13.2 Å². The molecule has 0 aromatic heterocycles. The number of rotatable bonds is 6. The second-order valence-electron chi connectivity index (χ2n) is 2.63. The Balaban J connectivity index is 4.49. The maximum atomic E-state index is 5.51. The van der Waals surface area contributed by atoms with Crippen LogP contribution in [0.15, 0.2) is 23.1 Å². The van der Waals surface area contributed by atoms with Crippen molar-refractivity contribution in [3.8, 4) is 0 Å². The molecule has 1 unspecified atom stereocenters. The van der Waals surface area contributed by atoms with Gasteiger partial charge in [0.1, 0.15) is 5.04 Å². The molecule has 0 heterocycles. The summed E-state index contributed by atoms with van der Waals surface area (Å²) >= 11 is 1.52. The molecule has 0 fully saturated rings. The molecular formula is C11H19NO2S. The Hall–Kier alpha value is -0.700. The van der Waals surface area contributed by atoms with Crippen molar-refractivity contribution in [3.63, 3.8) is 0 Å². The predicted octanol–water partition coefficient (Wildman–Crippen LogP) is 2.84. The molecule has 0 bridgehead atoms. The minimum Gasteiger partial charge on any atom is -0.455 e. The first-order chi connectivity index (χ1) is 7.19. The van der Waals surface area contributed by atoms with Crippen LogP contribution in [0.3, 0.4) is 0 Å². The standard InChI is InChI=1S/C11H19NO2S/c1-6-10(11(15-5)12-7-2)14-9(4)13-8-3/h9H,1,7-8H2,2-5H3. The molecule has 0 aromatic carbocycles. The molecule has 4 heteroatoms. The highest BCUT2D eigenvalue weighted by Crippen LogP contribution is 2.13. The quantitative estimate of drug-likeness (QED) is 0.231. The molecule has 0 saturated heterocycles. The van der Waals surface area contributed by atoms with Crippen LogP contribution in [-0.2, 0) is 9.47 Å². The smallest absolute Gasteiger partial charge is 0.197 e. The third-order valence-electron chi connectivity index (χ3n) is 1.54. The van der Waals surface area contributed by atoms with Crippen LogP contribution in [0.1, 0.15) is 20.8 Å². The molecule has 0 spiro atoms. The summed E-state index contributed by atoms with van der Waals surface area (Å²) in [6.07, 6.45) is 1.65. The van der Waals surface area contributed by atoms with E-state index in [1.807, 2.05) is 27.0 Å². The fourth-order valence-corrected chi connectivity index (χ4v) is 1.54. The number of hydrogen-bond acceptors (Lipinski definition) is 4. The molecule has 3 nitrogen and oxygen atoms in total. The minimum atomic E-state index is -0.298. The van der Waals surface area contributed by atoms with Gasteiger partial charge < -0.3 is 9.47 Å². The van der Waals surface area contributed by atoms with Gasteiger partial charge in [-0.05, 0) is 27.0 Å². The van der Waals surface area contributed by atoms with Gasteiger partial charge in [-0.3, -0.25) is 4.99 Å². The van der Waals surface area contributed by atoms with E-state index in [0.29, 0.717) is 18.9 Å². The number of thioether (sulfide) groups is 1. The zero-order chi connectivity index (χ0) is 11.7. The largest absolute Gasteiger partial charge is 0.455 e. The molecule has 0 aliphatic rings. The van der Waals surface area contributed by atoms with Crippen molar-refractivity contribution in [2.24, 2.45) is 4.99 Å². The first-order valence-electron chi connectivity index (χ1n) is 4.96. The molecule has 0 rings (SSSR count). The summed E-state index contributed by atoms with van der Waals surface area (Å²) in [4.78, 5) is 4.29. The summed E-state index contributed by atoms with van der Waals surface area (Å²) in [5, 5.41) is 0.805. The van der Waals surface area contributed by atoms with Crippen LogP contribution in [0, 0.1) is 0 Å². The first-order valence-corrected chi connectivity index (χ1v) is 6.19. The van der Waals surface area contributed by atoms with E-state index >= 15 is 0 Å². The van der Waals surface area contributed by atoms with Gasteiger partial charge in [0.25, 0.3) is 0 Å². The fraction of sp³-hybridized carbons (Fsp3) is 0.636. The van der Waals surface area contributed by atoms with Gasteiger partial charge in [0.05, 0.1) is 0 Å². The summed E-state index contributed by atoms with van der Waals surface area (Å²) < 4.78 is 10.8. The van der Waals surface area contributed by atoms with E-state index in [1.54, 1.807) is 0 Å². The van der Waals surface area contributed by atoms with Crippen LogP contribution in [0.2, 0.25) is 0 Å². The van der Waals surface area contributed by atoms with E-state index in [1.165, 1.54) is 11.8 Å². The van der Waals surface area contributed by atoms with Crippen LogP contribution < -0.4 is 0 Å². The van der Waals surface area contributed by atoms with Crippen molar-refractivity contribution in [3.05, 3.63) is 18.1 Å². The SMILES string of the molecule is C=C=C(OC(C)OCC)C(=NCC)SC. The maximum absolute atomic E-state index is 5.51. The molecule has 1 atom stereocenters. The van der Waals surface area contributed by atoms with Gasteiger partial charge in [-0.1, -0.05) is 12.3 Å². The lowest BCUT2D eigenvalue weighted by Gasteiger charge is -2.15. The van der Waals surface area contributed by atoms with Crippen molar-refractivity contribution in [1.82, 2.24) is 0 Å². The van der Waals surface area contributed by atoms with Gasteiger partial charge in [0.15, 0.2) is 12.0 Å². The number of aliphatic imine (C=N–C) groups is 1. The number of nitrogens with zero attached hydrogens (tertiary/aromatic N) is 1. The van der Waals surface area contributed by atoms with Gasteiger partial charge >= 0.3 is 0 Å². The molecule has 86 valence electrons. The Bertz CT molecular complexity index is 257. The average Bonchev–Trinajstić information content (AvgIpc) is 2.23. The van der Waals surface area contributed by atoms with E-state index in [9.17, 15) is 0 Å². The van der Waals surface area contributed by atoms with Crippen LogP contribution >= 0.6 is 11.8 Å². The average molecular weight is 229 g/mol. The van der Waals surface area contributed by atoms with Crippen LogP contribution in [0.4, 0.5) is 0 Å². The lowest BCUT2D eigenvalue weighted by atomic mass is 10.5. The molecule has 0 saturated carbocycles. The molecule has 15 heavy (non-hydrogen) atoms. The van der Waals surface area contributed by atoms with Crippen molar-refractivity contribution >= 4 is 16.8 Å². The van der Waals surface area contributed by atoms with E-state index in [2.05, 4.69) is 17.3 Å². The number of ether oxygens (including phenoxy) is 2. The normalized spacial score (nSPS) is 13.2. The Morgan fingerprint density at radius 1 is 1.53 bits per heavy atom. The zero-order valence-electron chi connectivity index (χ0n) is 9.87. The summed E-state index contributed by atoms with van der Waals surface area (Å²) in [6, 6.07) is 0. The van der Waals surface area contributed by atoms with E-state index in [0.717, 1.165) is 5.04 Å². The van der Waals surface area contributed by atoms with Crippen molar-refractivity contribution < 1.29 is 9.47 Å². The van der Waals surface area contributed by atoms with Gasteiger partial charge in [-0.15, -0.1) is 11.8 Å². The fourth-order valence-electron chi connectivity index (χ4n) is 0.975. The second-order valence-corrected chi connectivity index (χ2v) is 3.43. The Labute approximate surface area is 96.3 Å². The van der Waals surface area contributed by atoms with E-state index < -0.39 is 0 Å². The first kappa shape index (κ1) is 14.3. The Morgan fingerprint density at radius 2 is 2.20 bits per heavy atom. The van der Waals surface area contributed by atoms with Gasteiger partial charge in [-0.25, -0.2) is 0 Å². The Morgan fingerprint density at radius 3 is 2.60 bits per heavy atom. The summed E-state index contributed by atoms with van der Waals surface area (Å²) in [6.45, 7) is 10.7. The summed E-state index contributed by atoms with van der Waals surface area (Å²) in [5.74, 6) is 0.560.